The Labute approximate surface area is 146 Å². The summed E-state index contributed by atoms with van der Waals surface area (Å²) in [5.74, 6) is 0.559. The summed E-state index contributed by atoms with van der Waals surface area (Å²) >= 11 is 0. The van der Waals surface area contributed by atoms with E-state index in [1.165, 1.54) is 0 Å². The van der Waals surface area contributed by atoms with Crippen LogP contribution in [0.15, 0.2) is 0 Å². The van der Waals surface area contributed by atoms with Crippen molar-refractivity contribution in [2.75, 3.05) is 38.5 Å². The maximum absolute atomic E-state index is 12.6. The summed E-state index contributed by atoms with van der Waals surface area (Å²) < 4.78 is 26.9. The third-order valence-electron chi connectivity index (χ3n) is 4.92. The van der Waals surface area contributed by atoms with Crippen molar-refractivity contribution in [1.29, 1.82) is 0 Å². The van der Waals surface area contributed by atoms with Gasteiger partial charge in [-0.3, -0.25) is 4.79 Å². The molecular formula is C15H30ClN3O3S. The molecule has 6 nitrogen and oxygen atoms in total. The van der Waals surface area contributed by atoms with Crippen LogP contribution in [0.4, 0.5) is 0 Å². The number of hydrogen-bond donors (Lipinski definition) is 1. The summed E-state index contributed by atoms with van der Waals surface area (Å²) in [6.45, 7) is 7.00. The van der Waals surface area contributed by atoms with Crippen molar-refractivity contribution in [3.63, 3.8) is 0 Å². The molecule has 1 amide bonds. The smallest absolute Gasteiger partial charge is 0.236 e. The molecule has 2 rings (SSSR count). The summed E-state index contributed by atoms with van der Waals surface area (Å²) in [4.78, 5) is 13.9. The maximum Gasteiger partial charge on any atom is 0.236 e. The zero-order valence-electron chi connectivity index (χ0n) is 14.2. The van der Waals surface area contributed by atoms with E-state index in [1.54, 1.807) is 4.31 Å². The molecule has 0 aromatic heterocycles. The van der Waals surface area contributed by atoms with Gasteiger partial charge in [-0.2, -0.15) is 4.31 Å². The van der Waals surface area contributed by atoms with Crippen molar-refractivity contribution in [3.8, 4) is 0 Å². The first-order valence-electron chi connectivity index (χ1n) is 8.46. The molecule has 0 spiro atoms. The zero-order valence-corrected chi connectivity index (χ0v) is 15.8. The molecule has 0 bridgehead atoms. The number of nitrogens with zero attached hydrogens (tertiary/aromatic N) is 2. The molecule has 1 unspecified atom stereocenters. The topological polar surface area (TPSA) is 69.7 Å². The number of rotatable bonds is 6. The molecule has 2 aliphatic rings. The minimum atomic E-state index is -3.22. The molecule has 1 atom stereocenters. The molecule has 136 valence electrons. The van der Waals surface area contributed by atoms with Crippen LogP contribution in [0.25, 0.3) is 0 Å². The first kappa shape index (κ1) is 20.7. The van der Waals surface area contributed by atoms with E-state index in [1.807, 2.05) is 18.7 Å². The van der Waals surface area contributed by atoms with Gasteiger partial charge < -0.3 is 10.2 Å². The van der Waals surface area contributed by atoms with Crippen molar-refractivity contribution in [1.82, 2.24) is 14.5 Å². The Morgan fingerprint density at radius 2 is 1.96 bits per heavy atom. The lowest BCUT2D eigenvalue weighted by molar-refractivity contribution is -0.135. The average Bonchev–Trinajstić information content (AvgIpc) is 2.53. The van der Waals surface area contributed by atoms with Crippen LogP contribution in [0, 0.1) is 5.92 Å². The second-order valence-electron chi connectivity index (χ2n) is 6.38. The summed E-state index contributed by atoms with van der Waals surface area (Å²) in [5, 5.41) is 3.06. The van der Waals surface area contributed by atoms with Gasteiger partial charge in [0.05, 0.1) is 12.3 Å². The number of piperidine rings is 1. The highest BCUT2D eigenvalue weighted by Gasteiger charge is 2.34. The zero-order chi connectivity index (χ0) is 16.2. The van der Waals surface area contributed by atoms with Crippen molar-refractivity contribution >= 4 is 28.3 Å². The number of nitrogens with one attached hydrogen (secondary N) is 1. The van der Waals surface area contributed by atoms with Gasteiger partial charge in [0.2, 0.25) is 15.9 Å². The molecule has 0 aromatic carbocycles. The molecule has 0 saturated carbocycles. The Bertz CT molecular complexity index is 482. The van der Waals surface area contributed by atoms with Gasteiger partial charge in [0.1, 0.15) is 0 Å². The Kier molecular flexibility index (Phi) is 8.27. The van der Waals surface area contributed by atoms with E-state index in [4.69, 9.17) is 0 Å². The monoisotopic (exact) mass is 367 g/mol. The number of piperazine rings is 1. The second kappa shape index (κ2) is 9.20. The van der Waals surface area contributed by atoms with Gasteiger partial charge in [-0.25, -0.2) is 8.42 Å². The van der Waals surface area contributed by atoms with Crippen molar-refractivity contribution in [2.45, 2.75) is 45.6 Å². The van der Waals surface area contributed by atoms with Crippen molar-refractivity contribution in [3.05, 3.63) is 0 Å². The number of carbonyl (C=O) groups is 1. The van der Waals surface area contributed by atoms with Gasteiger partial charge in [-0.1, -0.05) is 26.7 Å². The van der Waals surface area contributed by atoms with E-state index in [2.05, 4.69) is 5.32 Å². The molecular weight excluding hydrogens is 338 g/mol. The van der Waals surface area contributed by atoms with E-state index in [0.29, 0.717) is 26.2 Å². The standard InChI is InChI=1S/C15H29N3O3S.ClH/c1-3-13(4-2)12-22(20,21)17-8-5-6-14(11-17)18-9-7-16-10-15(18)19;/h13-14,16H,3-12H2,1-2H3;1H. The second-order valence-corrected chi connectivity index (χ2v) is 8.39. The molecule has 2 heterocycles. The Morgan fingerprint density at radius 3 is 2.57 bits per heavy atom. The predicted molar refractivity (Wildman–Crippen MR) is 94.3 cm³/mol. The van der Waals surface area contributed by atoms with Gasteiger partial charge in [0, 0.05) is 32.2 Å². The Hall–Kier alpha value is -0.370. The van der Waals surface area contributed by atoms with Crippen LogP contribution < -0.4 is 5.32 Å². The fraction of sp³-hybridized carbons (Fsp3) is 0.933. The lowest BCUT2D eigenvalue weighted by Crippen LogP contribution is -2.57. The van der Waals surface area contributed by atoms with Crippen LogP contribution in [-0.2, 0) is 14.8 Å². The van der Waals surface area contributed by atoms with Crippen molar-refractivity contribution < 1.29 is 13.2 Å². The molecule has 0 aromatic rings. The number of amides is 1. The molecule has 2 fully saturated rings. The van der Waals surface area contributed by atoms with E-state index in [9.17, 15) is 13.2 Å². The van der Waals surface area contributed by atoms with Gasteiger partial charge in [-0.05, 0) is 18.8 Å². The SMILES string of the molecule is CCC(CC)CS(=O)(=O)N1CCCC(N2CCNCC2=O)C1.Cl. The summed E-state index contributed by atoms with van der Waals surface area (Å²) in [5.41, 5.74) is 0. The molecule has 0 radical (unpaired) electrons. The predicted octanol–water partition coefficient (Wildman–Crippen LogP) is 1.07. The fourth-order valence-electron chi connectivity index (χ4n) is 3.36. The van der Waals surface area contributed by atoms with Crippen molar-refractivity contribution in [2.24, 2.45) is 5.92 Å². The quantitative estimate of drug-likeness (QED) is 0.762. The highest BCUT2D eigenvalue weighted by molar-refractivity contribution is 7.89. The first-order chi connectivity index (χ1) is 10.5. The van der Waals surface area contributed by atoms with Crippen LogP contribution in [-0.4, -0.2) is 68.0 Å². The number of hydrogen-bond acceptors (Lipinski definition) is 4. The van der Waals surface area contributed by atoms with Gasteiger partial charge in [-0.15, -0.1) is 12.4 Å². The van der Waals surface area contributed by atoms with Crippen LogP contribution in [0.5, 0.6) is 0 Å². The minimum absolute atomic E-state index is 0. The fourth-order valence-corrected chi connectivity index (χ4v) is 5.45. The normalized spacial score (nSPS) is 23.9. The molecule has 2 aliphatic heterocycles. The van der Waals surface area contributed by atoms with Crippen LogP contribution in [0.2, 0.25) is 0 Å². The third kappa shape index (κ3) is 5.31. The van der Waals surface area contributed by atoms with Gasteiger partial charge in [0.25, 0.3) is 0 Å². The summed E-state index contributed by atoms with van der Waals surface area (Å²) in [6.07, 6.45) is 3.53. The summed E-state index contributed by atoms with van der Waals surface area (Å²) in [6, 6.07) is 0.0415. The lowest BCUT2D eigenvalue weighted by atomic mass is 10.1. The molecule has 0 aliphatic carbocycles. The van der Waals surface area contributed by atoms with Gasteiger partial charge in [0.15, 0.2) is 0 Å². The third-order valence-corrected chi connectivity index (χ3v) is 6.93. The van der Waals surface area contributed by atoms with E-state index in [-0.39, 0.29) is 36.0 Å². The molecule has 8 heteroatoms. The molecule has 2 saturated heterocycles. The number of halogens is 1. The van der Waals surface area contributed by atoms with Crippen LogP contribution >= 0.6 is 12.4 Å². The first-order valence-corrected chi connectivity index (χ1v) is 10.1. The van der Waals surface area contributed by atoms with Crippen LogP contribution in [0.1, 0.15) is 39.5 Å². The van der Waals surface area contributed by atoms with E-state index >= 15 is 0 Å². The highest BCUT2D eigenvalue weighted by atomic mass is 35.5. The largest absolute Gasteiger partial charge is 0.336 e. The van der Waals surface area contributed by atoms with E-state index in [0.717, 1.165) is 32.2 Å². The number of carbonyl (C=O) groups excluding carboxylic acids is 1. The Balaban J connectivity index is 0.00000264. The summed E-state index contributed by atoms with van der Waals surface area (Å²) in [7, 11) is -3.22. The lowest BCUT2D eigenvalue weighted by Gasteiger charge is -2.40. The van der Waals surface area contributed by atoms with Gasteiger partial charge >= 0.3 is 0 Å². The maximum atomic E-state index is 12.6. The van der Waals surface area contributed by atoms with E-state index < -0.39 is 10.0 Å². The van der Waals surface area contributed by atoms with Crippen LogP contribution in [0.3, 0.4) is 0 Å². The minimum Gasteiger partial charge on any atom is -0.336 e. The number of sulfonamides is 1. The Morgan fingerprint density at radius 1 is 1.26 bits per heavy atom. The molecule has 23 heavy (non-hydrogen) atoms. The average molecular weight is 368 g/mol. The molecule has 1 N–H and O–H groups in total. The highest BCUT2D eigenvalue weighted by Crippen LogP contribution is 2.22.